The van der Waals surface area contributed by atoms with Gasteiger partial charge in [-0.1, -0.05) is 13.0 Å². The molecule has 0 unspecified atom stereocenters. The lowest BCUT2D eigenvalue weighted by molar-refractivity contribution is -0.132. The van der Waals surface area contributed by atoms with Crippen molar-refractivity contribution in [3.05, 3.63) is 42.4 Å². The number of nitriles is 1. The van der Waals surface area contributed by atoms with Crippen molar-refractivity contribution in [2.75, 3.05) is 26.5 Å². The maximum absolute atomic E-state index is 13.2. The molecule has 0 radical (unpaired) electrons. The standard InChI is InChI=1S/C24H27N5O6S/c1-16-13-24(2,15-25)28(23(16)30)10-12-36(31,32)14-20-26-27-22(19-9-6-11-35-19)29(20)21-17(33-3)7-5-8-18(21)34-4/h5-9,11,16H,10,12-14H2,1-4H3/t16-,24-/m1/s1. The lowest BCUT2D eigenvalue weighted by Gasteiger charge is -2.28. The molecule has 1 aliphatic rings. The number of aromatic nitrogens is 3. The van der Waals surface area contributed by atoms with E-state index in [0.717, 1.165) is 0 Å². The number of sulfone groups is 1. The van der Waals surface area contributed by atoms with Gasteiger partial charge in [0.1, 0.15) is 28.5 Å². The highest BCUT2D eigenvalue weighted by molar-refractivity contribution is 7.90. The Hall–Kier alpha value is -3.85. The third kappa shape index (κ3) is 4.54. The number of methoxy groups -OCH3 is 2. The number of nitrogens with zero attached hydrogens (tertiary/aromatic N) is 5. The number of amides is 1. The van der Waals surface area contributed by atoms with Gasteiger partial charge < -0.3 is 18.8 Å². The molecule has 0 spiro atoms. The van der Waals surface area contributed by atoms with Crippen LogP contribution in [0.5, 0.6) is 11.5 Å². The van der Waals surface area contributed by atoms with Crippen molar-refractivity contribution < 1.29 is 27.1 Å². The minimum absolute atomic E-state index is 0.0906. The summed E-state index contributed by atoms with van der Waals surface area (Å²) in [7, 11) is -0.802. The van der Waals surface area contributed by atoms with Gasteiger partial charge in [-0.25, -0.2) is 8.42 Å². The molecule has 2 aromatic heterocycles. The number of benzene rings is 1. The van der Waals surface area contributed by atoms with E-state index in [0.29, 0.717) is 29.4 Å². The van der Waals surface area contributed by atoms with Gasteiger partial charge in [-0.05, 0) is 37.6 Å². The summed E-state index contributed by atoms with van der Waals surface area (Å²) in [6, 6.07) is 10.7. The molecule has 190 valence electrons. The highest BCUT2D eigenvalue weighted by atomic mass is 32.2. The summed E-state index contributed by atoms with van der Waals surface area (Å²) in [5.41, 5.74) is -0.617. The molecule has 3 aromatic rings. The maximum Gasteiger partial charge on any atom is 0.226 e. The molecule has 1 saturated heterocycles. The van der Waals surface area contributed by atoms with E-state index in [1.807, 2.05) is 0 Å². The average Bonchev–Trinajstić information content (AvgIpc) is 3.57. The highest BCUT2D eigenvalue weighted by Crippen LogP contribution is 2.37. The molecular formula is C24H27N5O6S. The number of carbonyl (C=O) groups excluding carboxylic acids is 1. The Kier molecular flexibility index (Phi) is 6.77. The molecule has 4 rings (SSSR count). The van der Waals surface area contributed by atoms with Crippen LogP contribution in [0.15, 0.2) is 41.0 Å². The van der Waals surface area contributed by atoms with Gasteiger partial charge in [-0.15, -0.1) is 10.2 Å². The number of likely N-dealkylation sites (tertiary alicyclic amines) is 1. The van der Waals surface area contributed by atoms with Crippen molar-refractivity contribution in [1.29, 1.82) is 5.26 Å². The fraction of sp³-hybridized carbons (Fsp3) is 0.417. The molecule has 0 saturated carbocycles. The molecule has 0 N–H and O–H groups in total. The van der Waals surface area contributed by atoms with Gasteiger partial charge in [0.25, 0.3) is 0 Å². The Morgan fingerprint density at radius 2 is 1.89 bits per heavy atom. The van der Waals surface area contributed by atoms with Crippen molar-refractivity contribution >= 4 is 15.7 Å². The Morgan fingerprint density at radius 3 is 2.47 bits per heavy atom. The van der Waals surface area contributed by atoms with Gasteiger partial charge in [-0.2, -0.15) is 5.26 Å². The summed E-state index contributed by atoms with van der Waals surface area (Å²) in [6.45, 7) is 3.31. The van der Waals surface area contributed by atoms with Crippen LogP contribution in [0, 0.1) is 17.2 Å². The third-order valence-electron chi connectivity index (χ3n) is 6.30. The van der Waals surface area contributed by atoms with Crippen molar-refractivity contribution in [2.24, 2.45) is 5.92 Å². The van der Waals surface area contributed by atoms with E-state index in [1.54, 1.807) is 44.2 Å². The summed E-state index contributed by atoms with van der Waals surface area (Å²) in [5.74, 6) is 0.231. The zero-order valence-electron chi connectivity index (χ0n) is 20.5. The van der Waals surface area contributed by atoms with Crippen LogP contribution >= 0.6 is 0 Å². The first-order valence-electron chi connectivity index (χ1n) is 11.3. The number of para-hydroxylation sites is 1. The van der Waals surface area contributed by atoms with E-state index in [9.17, 15) is 18.5 Å². The lowest BCUT2D eigenvalue weighted by Crippen LogP contribution is -2.44. The Balaban J connectivity index is 1.71. The molecule has 36 heavy (non-hydrogen) atoms. The predicted octanol–water partition coefficient (Wildman–Crippen LogP) is 2.61. The van der Waals surface area contributed by atoms with Crippen molar-refractivity contribution in [1.82, 2.24) is 19.7 Å². The first kappa shape index (κ1) is 25.2. The minimum atomic E-state index is -3.79. The van der Waals surface area contributed by atoms with E-state index in [4.69, 9.17) is 13.9 Å². The zero-order chi connectivity index (χ0) is 26.1. The highest BCUT2D eigenvalue weighted by Gasteiger charge is 2.46. The Morgan fingerprint density at radius 1 is 1.19 bits per heavy atom. The number of hydrogen-bond donors (Lipinski definition) is 0. The van der Waals surface area contributed by atoms with Gasteiger partial charge in [-0.3, -0.25) is 9.36 Å². The molecule has 3 heterocycles. The summed E-state index contributed by atoms with van der Waals surface area (Å²) in [6.07, 6.45) is 1.83. The van der Waals surface area contributed by atoms with Crippen LogP contribution in [0.4, 0.5) is 0 Å². The van der Waals surface area contributed by atoms with Crippen LogP contribution in [0.3, 0.4) is 0 Å². The van der Waals surface area contributed by atoms with Crippen LogP contribution in [0.2, 0.25) is 0 Å². The molecule has 0 bridgehead atoms. The number of carbonyl (C=O) groups is 1. The minimum Gasteiger partial charge on any atom is -0.494 e. The van der Waals surface area contributed by atoms with Gasteiger partial charge in [0.2, 0.25) is 11.7 Å². The smallest absolute Gasteiger partial charge is 0.226 e. The summed E-state index contributed by atoms with van der Waals surface area (Å²) in [4.78, 5) is 13.9. The number of ether oxygens (including phenoxy) is 2. The Labute approximate surface area is 209 Å². The molecule has 2 atom stereocenters. The van der Waals surface area contributed by atoms with Crippen LogP contribution in [-0.4, -0.2) is 66.0 Å². The van der Waals surface area contributed by atoms with E-state index in [-0.39, 0.29) is 35.8 Å². The molecule has 11 nitrogen and oxygen atoms in total. The second-order valence-corrected chi connectivity index (χ2v) is 11.0. The fourth-order valence-electron chi connectivity index (χ4n) is 4.53. The Bertz CT molecular complexity index is 1390. The summed E-state index contributed by atoms with van der Waals surface area (Å²) < 4.78 is 44.6. The quantitative estimate of drug-likeness (QED) is 0.422. The predicted molar refractivity (Wildman–Crippen MR) is 129 cm³/mol. The first-order valence-corrected chi connectivity index (χ1v) is 13.1. The second-order valence-electron chi connectivity index (χ2n) is 8.84. The van der Waals surface area contributed by atoms with Crippen molar-refractivity contribution in [2.45, 2.75) is 31.6 Å². The lowest BCUT2D eigenvalue weighted by atomic mass is 9.97. The number of hydrogen-bond acceptors (Lipinski definition) is 9. The fourth-order valence-corrected chi connectivity index (χ4v) is 5.71. The van der Waals surface area contributed by atoms with Crippen LogP contribution in [0.1, 0.15) is 26.1 Å². The van der Waals surface area contributed by atoms with Crippen molar-refractivity contribution in [3.63, 3.8) is 0 Å². The largest absolute Gasteiger partial charge is 0.494 e. The van der Waals surface area contributed by atoms with Crippen LogP contribution in [0.25, 0.3) is 17.3 Å². The molecule has 0 aliphatic carbocycles. The van der Waals surface area contributed by atoms with Crippen LogP contribution < -0.4 is 9.47 Å². The maximum atomic E-state index is 13.2. The number of rotatable bonds is 9. The first-order chi connectivity index (χ1) is 17.1. The molecule has 12 heteroatoms. The topological polar surface area (TPSA) is 141 Å². The molecule has 1 aliphatic heterocycles. The monoisotopic (exact) mass is 513 g/mol. The second kappa shape index (κ2) is 9.66. The van der Waals surface area contributed by atoms with E-state index in [2.05, 4.69) is 16.3 Å². The van der Waals surface area contributed by atoms with Gasteiger partial charge >= 0.3 is 0 Å². The molecular weight excluding hydrogens is 486 g/mol. The summed E-state index contributed by atoms with van der Waals surface area (Å²) >= 11 is 0. The van der Waals surface area contributed by atoms with E-state index >= 15 is 0 Å². The van der Waals surface area contributed by atoms with Gasteiger partial charge in [0.15, 0.2) is 21.4 Å². The zero-order valence-corrected chi connectivity index (χ0v) is 21.3. The molecule has 1 aromatic carbocycles. The van der Waals surface area contributed by atoms with Gasteiger partial charge in [0.05, 0.1) is 32.3 Å². The van der Waals surface area contributed by atoms with Crippen LogP contribution in [-0.2, 0) is 20.4 Å². The SMILES string of the molecule is COc1cccc(OC)c1-n1c(CS(=O)(=O)CCN2C(=O)[C@H](C)C[C@]2(C)C#N)nnc1-c1ccco1. The number of furan rings is 1. The normalized spacial score (nSPS) is 19.9. The average molecular weight is 514 g/mol. The molecule has 1 fully saturated rings. The van der Waals surface area contributed by atoms with E-state index in [1.165, 1.54) is 29.9 Å². The molecule has 1 amide bonds. The van der Waals surface area contributed by atoms with E-state index < -0.39 is 21.1 Å². The third-order valence-corrected chi connectivity index (χ3v) is 7.80. The summed E-state index contributed by atoms with van der Waals surface area (Å²) in [5, 5.41) is 18.0. The van der Waals surface area contributed by atoms with Gasteiger partial charge in [0, 0.05) is 12.5 Å². The van der Waals surface area contributed by atoms with Crippen molar-refractivity contribution in [3.8, 4) is 34.8 Å².